The van der Waals surface area contributed by atoms with E-state index in [4.69, 9.17) is 0 Å². The van der Waals surface area contributed by atoms with E-state index in [0.29, 0.717) is 0 Å². The molecule has 0 aromatic carbocycles. The molecule has 0 aliphatic heterocycles. The number of hydrogen-bond donors (Lipinski definition) is 0. The Morgan fingerprint density at radius 2 is 0.500 bits per heavy atom. The molecule has 0 fully saturated rings. The van der Waals surface area contributed by atoms with E-state index < -0.39 is 0 Å². The normalized spacial score (nSPS) is 0. The summed E-state index contributed by atoms with van der Waals surface area (Å²) in [5.41, 5.74) is 0. The summed E-state index contributed by atoms with van der Waals surface area (Å²) in [6.07, 6.45) is 0. The second-order valence-corrected chi connectivity index (χ2v) is 0. The zero-order valence-corrected chi connectivity index (χ0v) is 7.70. The average molecular weight is 260 g/mol. The maximum Gasteiger partial charge on any atom is 0 e. The Kier molecular flexibility index (Phi) is 1110. The Morgan fingerprint density at radius 1 is 0.500 bits per heavy atom. The molecule has 0 heterocycles. The van der Waals surface area contributed by atoms with Crippen molar-refractivity contribution in [2.24, 2.45) is 0 Å². The molecule has 0 rings (SSSR count). The standard InChI is InChI=1S/Ce.4H2O.Ti/h;4*1H2;. The van der Waals surface area contributed by atoms with Gasteiger partial charge in [0.05, 0.1) is 0 Å². The molecule has 0 bridgehead atoms. The summed E-state index contributed by atoms with van der Waals surface area (Å²) in [7, 11) is 0. The van der Waals surface area contributed by atoms with Crippen LogP contribution in [-0.2, 0) is 21.7 Å². The van der Waals surface area contributed by atoms with Crippen molar-refractivity contribution in [2.75, 3.05) is 0 Å². The van der Waals surface area contributed by atoms with E-state index in [1.165, 1.54) is 0 Å². The van der Waals surface area contributed by atoms with E-state index in [9.17, 15) is 0 Å². The Balaban J connectivity index is 0. The summed E-state index contributed by atoms with van der Waals surface area (Å²) >= 11 is 0. The first-order valence-electron chi connectivity index (χ1n) is 0. The molecule has 0 aliphatic rings. The van der Waals surface area contributed by atoms with Gasteiger partial charge in [-0.3, -0.25) is 0 Å². The van der Waals surface area contributed by atoms with Crippen molar-refractivity contribution < 1.29 is 85.4 Å². The first kappa shape index (κ1) is 102. The van der Waals surface area contributed by atoms with Crippen LogP contribution in [0.15, 0.2) is 0 Å². The van der Waals surface area contributed by atoms with Crippen molar-refractivity contribution in [1.82, 2.24) is 0 Å². The van der Waals surface area contributed by atoms with E-state index in [0.717, 1.165) is 0 Å². The zero-order chi connectivity index (χ0) is 0. The monoisotopic (exact) mass is 260 g/mol. The van der Waals surface area contributed by atoms with Crippen LogP contribution in [0, 0.1) is 41.7 Å². The fraction of sp³-hybridized carbons (Fsp3) is 0. The molecule has 0 atom stereocenters. The van der Waals surface area contributed by atoms with Gasteiger partial charge in [0.2, 0.25) is 0 Å². The van der Waals surface area contributed by atoms with Crippen LogP contribution in [0.1, 0.15) is 0 Å². The van der Waals surface area contributed by atoms with E-state index in [1.807, 2.05) is 0 Å². The predicted molar refractivity (Wildman–Crippen MR) is 14.5 cm³/mol. The first-order valence-corrected chi connectivity index (χ1v) is 0. The third-order valence-corrected chi connectivity index (χ3v) is 0. The fourth-order valence-electron chi connectivity index (χ4n) is 0. The SMILES string of the molecule is O.O.O.O.[Ce].[Ti]. The molecule has 40 valence electrons. The van der Waals surface area contributed by atoms with Crippen LogP contribution < -0.4 is 0 Å². The van der Waals surface area contributed by atoms with Gasteiger partial charge in [-0.25, -0.2) is 0 Å². The van der Waals surface area contributed by atoms with Gasteiger partial charge in [-0.2, -0.15) is 0 Å². The maximum absolute atomic E-state index is 0. The van der Waals surface area contributed by atoms with Crippen molar-refractivity contribution in [3.63, 3.8) is 0 Å². The topological polar surface area (TPSA) is 126 Å². The van der Waals surface area contributed by atoms with Gasteiger partial charge in [0, 0.05) is 63.5 Å². The van der Waals surface area contributed by atoms with Gasteiger partial charge < -0.3 is 21.9 Å². The summed E-state index contributed by atoms with van der Waals surface area (Å²) in [6, 6.07) is 0. The second-order valence-electron chi connectivity index (χ2n) is 0. The minimum Gasteiger partial charge on any atom is -0.412 e. The average Bonchev–Trinajstić information content (AvgIpc) is 0. The Morgan fingerprint density at radius 3 is 0.500 bits per heavy atom. The number of hydrogen-bond acceptors (Lipinski definition) is 0. The molecule has 4 nitrogen and oxygen atoms in total. The molecule has 0 saturated heterocycles. The van der Waals surface area contributed by atoms with Crippen LogP contribution in [0.4, 0.5) is 0 Å². The van der Waals surface area contributed by atoms with Crippen LogP contribution in [0.5, 0.6) is 0 Å². The predicted octanol–water partition coefficient (Wildman–Crippen LogP) is -3.30. The number of rotatable bonds is 0. The fourth-order valence-corrected chi connectivity index (χ4v) is 0. The van der Waals surface area contributed by atoms with Gasteiger partial charge in [0.1, 0.15) is 0 Å². The molecule has 0 saturated carbocycles. The van der Waals surface area contributed by atoms with Gasteiger partial charge in [-0.15, -0.1) is 0 Å². The largest absolute Gasteiger partial charge is 0.412 e. The van der Waals surface area contributed by atoms with Crippen molar-refractivity contribution in [1.29, 1.82) is 0 Å². The summed E-state index contributed by atoms with van der Waals surface area (Å²) in [5, 5.41) is 0. The molecule has 0 spiro atoms. The molecule has 0 unspecified atom stereocenters. The molecule has 6 heteroatoms. The van der Waals surface area contributed by atoms with Crippen LogP contribution in [0.2, 0.25) is 0 Å². The quantitative estimate of drug-likeness (QED) is 0.404. The smallest absolute Gasteiger partial charge is 0 e. The van der Waals surface area contributed by atoms with Crippen LogP contribution in [0.3, 0.4) is 0 Å². The van der Waals surface area contributed by atoms with E-state index in [1.54, 1.807) is 0 Å². The molecular formula is H8CeO4Ti. The van der Waals surface area contributed by atoms with Crippen molar-refractivity contribution in [3.05, 3.63) is 0 Å². The second kappa shape index (κ2) is 65.4. The summed E-state index contributed by atoms with van der Waals surface area (Å²) in [6.45, 7) is 0. The maximum atomic E-state index is 0. The third-order valence-electron chi connectivity index (χ3n) is 0. The molecule has 0 radical (unpaired) electrons. The first-order chi connectivity index (χ1) is 0. The van der Waals surface area contributed by atoms with Gasteiger partial charge in [0.25, 0.3) is 0 Å². The van der Waals surface area contributed by atoms with Gasteiger partial charge >= 0.3 is 0 Å². The van der Waals surface area contributed by atoms with Crippen LogP contribution in [0.25, 0.3) is 0 Å². The Labute approximate surface area is 84.2 Å². The molecule has 0 aromatic rings. The van der Waals surface area contributed by atoms with Crippen molar-refractivity contribution >= 4 is 0 Å². The Hall–Kier alpha value is 1.93. The van der Waals surface area contributed by atoms with E-state index in [2.05, 4.69) is 0 Å². The Bertz CT molecular complexity index is 7.51. The third kappa shape index (κ3) is 38.7. The van der Waals surface area contributed by atoms with E-state index in [-0.39, 0.29) is 85.4 Å². The zero-order valence-electron chi connectivity index (χ0n) is 3.00. The summed E-state index contributed by atoms with van der Waals surface area (Å²) < 4.78 is 0. The van der Waals surface area contributed by atoms with Gasteiger partial charge in [0.15, 0.2) is 0 Å². The molecule has 0 aliphatic carbocycles. The van der Waals surface area contributed by atoms with Crippen LogP contribution in [-0.4, -0.2) is 21.9 Å². The van der Waals surface area contributed by atoms with Gasteiger partial charge in [-0.1, -0.05) is 0 Å². The van der Waals surface area contributed by atoms with E-state index >= 15 is 0 Å². The molecule has 6 heavy (non-hydrogen) atoms. The summed E-state index contributed by atoms with van der Waals surface area (Å²) in [4.78, 5) is 0. The van der Waals surface area contributed by atoms with Crippen molar-refractivity contribution in [3.8, 4) is 0 Å². The summed E-state index contributed by atoms with van der Waals surface area (Å²) in [5.74, 6) is 0. The minimum absolute atomic E-state index is 0. The minimum atomic E-state index is 0. The molecule has 8 N–H and O–H groups in total. The van der Waals surface area contributed by atoms with Gasteiger partial charge in [-0.05, 0) is 0 Å². The van der Waals surface area contributed by atoms with Crippen LogP contribution >= 0.6 is 0 Å². The molecular weight excluding hydrogens is 252 g/mol. The molecule has 0 aromatic heterocycles. The van der Waals surface area contributed by atoms with Crippen molar-refractivity contribution in [2.45, 2.75) is 0 Å². The molecule has 0 amide bonds.